The van der Waals surface area contributed by atoms with Crippen LogP contribution in [0.15, 0.2) is 22.7 Å². The fourth-order valence-corrected chi connectivity index (χ4v) is 2.87. The summed E-state index contributed by atoms with van der Waals surface area (Å²) in [6.45, 7) is 0. The average Bonchev–Trinajstić information content (AvgIpc) is 2.81. The van der Waals surface area contributed by atoms with Crippen LogP contribution in [0.3, 0.4) is 0 Å². The van der Waals surface area contributed by atoms with Gasteiger partial charge in [0.2, 0.25) is 0 Å². The van der Waals surface area contributed by atoms with Gasteiger partial charge < -0.3 is 10.5 Å². The minimum absolute atomic E-state index is 0. The van der Waals surface area contributed by atoms with Crippen LogP contribution in [0.5, 0.6) is 5.75 Å². The predicted octanol–water partition coefficient (Wildman–Crippen LogP) is 4.07. The molecule has 0 unspecified atom stereocenters. The highest BCUT2D eigenvalue weighted by Crippen LogP contribution is 2.38. The molecule has 1 aliphatic carbocycles. The third kappa shape index (κ3) is 3.36. The van der Waals surface area contributed by atoms with Crippen LogP contribution >= 0.6 is 28.3 Å². The first-order valence-corrected chi connectivity index (χ1v) is 6.60. The average molecular weight is 321 g/mol. The van der Waals surface area contributed by atoms with Crippen LogP contribution in [-0.4, -0.2) is 7.11 Å². The van der Waals surface area contributed by atoms with Gasteiger partial charge in [-0.05, 0) is 30.9 Å². The van der Waals surface area contributed by atoms with E-state index in [4.69, 9.17) is 10.5 Å². The van der Waals surface area contributed by atoms with Crippen molar-refractivity contribution in [2.24, 2.45) is 11.7 Å². The van der Waals surface area contributed by atoms with E-state index in [0.29, 0.717) is 5.92 Å². The second-order valence-electron chi connectivity index (χ2n) is 4.46. The summed E-state index contributed by atoms with van der Waals surface area (Å²) < 4.78 is 6.43. The van der Waals surface area contributed by atoms with Crippen LogP contribution < -0.4 is 10.5 Å². The molecule has 0 radical (unpaired) electrons. The Kier molecular flexibility index (Phi) is 5.77. The van der Waals surface area contributed by atoms with Gasteiger partial charge in [0.05, 0.1) is 7.11 Å². The molecule has 4 heteroatoms. The van der Waals surface area contributed by atoms with Gasteiger partial charge in [0, 0.05) is 16.1 Å². The van der Waals surface area contributed by atoms with Gasteiger partial charge in [0.25, 0.3) is 0 Å². The van der Waals surface area contributed by atoms with E-state index in [9.17, 15) is 0 Å². The van der Waals surface area contributed by atoms with E-state index in [0.717, 1.165) is 15.8 Å². The van der Waals surface area contributed by atoms with E-state index in [1.54, 1.807) is 7.11 Å². The van der Waals surface area contributed by atoms with Crippen molar-refractivity contribution in [2.75, 3.05) is 7.11 Å². The molecule has 0 aromatic heterocycles. The summed E-state index contributed by atoms with van der Waals surface area (Å²) in [5, 5.41) is 0. The molecule has 0 amide bonds. The van der Waals surface area contributed by atoms with E-state index in [1.165, 1.54) is 25.7 Å². The Labute approximate surface area is 117 Å². The molecular weight excluding hydrogens is 302 g/mol. The summed E-state index contributed by atoms with van der Waals surface area (Å²) in [6, 6.07) is 6.22. The molecule has 1 saturated carbocycles. The second kappa shape index (κ2) is 6.62. The zero-order valence-corrected chi connectivity index (χ0v) is 12.4. The van der Waals surface area contributed by atoms with E-state index < -0.39 is 0 Å². The van der Waals surface area contributed by atoms with Gasteiger partial charge in [-0.25, -0.2) is 0 Å². The molecule has 0 saturated heterocycles. The predicted molar refractivity (Wildman–Crippen MR) is 76.8 cm³/mol. The number of ether oxygens (including phenoxy) is 1. The largest absolute Gasteiger partial charge is 0.496 e. The van der Waals surface area contributed by atoms with Crippen molar-refractivity contribution in [1.82, 2.24) is 0 Å². The van der Waals surface area contributed by atoms with Crippen LogP contribution in [0.25, 0.3) is 0 Å². The summed E-state index contributed by atoms with van der Waals surface area (Å²) >= 11 is 3.45. The quantitative estimate of drug-likeness (QED) is 0.911. The summed E-state index contributed by atoms with van der Waals surface area (Å²) in [5.74, 6) is 1.52. The van der Waals surface area contributed by atoms with Gasteiger partial charge in [-0.1, -0.05) is 34.8 Å². The number of methoxy groups -OCH3 is 1. The Morgan fingerprint density at radius 3 is 2.59 bits per heavy atom. The zero-order valence-electron chi connectivity index (χ0n) is 9.99. The molecule has 1 fully saturated rings. The Morgan fingerprint density at radius 1 is 1.35 bits per heavy atom. The lowest BCUT2D eigenvalue weighted by molar-refractivity contribution is 0.385. The molecule has 96 valence electrons. The van der Waals surface area contributed by atoms with Gasteiger partial charge in [-0.2, -0.15) is 0 Å². The Hall–Kier alpha value is -0.250. The molecule has 2 nitrogen and oxygen atoms in total. The molecule has 0 bridgehead atoms. The van der Waals surface area contributed by atoms with Gasteiger partial charge >= 0.3 is 0 Å². The van der Waals surface area contributed by atoms with Crippen LogP contribution in [0.4, 0.5) is 0 Å². The number of hydrogen-bond donors (Lipinski definition) is 1. The molecule has 0 spiro atoms. The lowest BCUT2D eigenvalue weighted by Crippen LogP contribution is -2.19. The van der Waals surface area contributed by atoms with Crippen LogP contribution in [0.1, 0.15) is 37.3 Å². The lowest BCUT2D eigenvalue weighted by atomic mass is 9.92. The minimum Gasteiger partial charge on any atom is -0.496 e. The van der Waals surface area contributed by atoms with Gasteiger partial charge in [-0.15, -0.1) is 12.4 Å². The summed E-state index contributed by atoms with van der Waals surface area (Å²) in [5.41, 5.74) is 7.47. The first-order chi connectivity index (χ1) is 7.72. The van der Waals surface area contributed by atoms with Crippen molar-refractivity contribution in [1.29, 1.82) is 0 Å². The van der Waals surface area contributed by atoms with Crippen molar-refractivity contribution in [3.05, 3.63) is 28.2 Å². The second-order valence-corrected chi connectivity index (χ2v) is 5.37. The molecule has 2 rings (SSSR count). The number of hydrogen-bond acceptors (Lipinski definition) is 2. The topological polar surface area (TPSA) is 35.2 Å². The fourth-order valence-electron chi connectivity index (χ4n) is 2.53. The molecule has 1 aliphatic rings. The fraction of sp³-hybridized carbons (Fsp3) is 0.538. The number of benzene rings is 1. The highest BCUT2D eigenvalue weighted by molar-refractivity contribution is 9.10. The normalized spacial score (nSPS) is 17.6. The molecule has 17 heavy (non-hydrogen) atoms. The van der Waals surface area contributed by atoms with Gasteiger partial charge in [-0.3, -0.25) is 0 Å². The Bertz CT molecular complexity index is 366. The summed E-state index contributed by atoms with van der Waals surface area (Å²) in [6.07, 6.45) is 5.13. The molecular formula is C13H19BrClNO. The summed E-state index contributed by atoms with van der Waals surface area (Å²) in [4.78, 5) is 0. The Morgan fingerprint density at radius 2 is 2.00 bits per heavy atom. The van der Waals surface area contributed by atoms with Crippen molar-refractivity contribution in [3.63, 3.8) is 0 Å². The van der Waals surface area contributed by atoms with Gasteiger partial charge in [0.15, 0.2) is 0 Å². The van der Waals surface area contributed by atoms with Crippen LogP contribution in [0, 0.1) is 5.92 Å². The highest BCUT2D eigenvalue weighted by Gasteiger charge is 2.25. The smallest absolute Gasteiger partial charge is 0.124 e. The monoisotopic (exact) mass is 319 g/mol. The van der Waals surface area contributed by atoms with Crippen LogP contribution in [0.2, 0.25) is 0 Å². The molecule has 1 aromatic carbocycles. The SMILES string of the molecule is COc1cc(Br)ccc1[C@H](N)C1CCCC1.Cl. The van der Waals surface area contributed by atoms with E-state index in [-0.39, 0.29) is 18.4 Å². The number of halogens is 2. The lowest BCUT2D eigenvalue weighted by Gasteiger charge is -2.21. The third-order valence-corrected chi connectivity index (χ3v) is 3.96. The molecule has 1 atom stereocenters. The maximum absolute atomic E-state index is 6.33. The van der Waals surface area contributed by atoms with Crippen molar-refractivity contribution in [2.45, 2.75) is 31.7 Å². The zero-order chi connectivity index (χ0) is 11.5. The first-order valence-electron chi connectivity index (χ1n) is 5.81. The van der Waals surface area contributed by atoms with E-state index in [2.05, 4.69) is 22.0 Å². The van der Waals surface area contributed by atoms with E-state index >= 15 is 0 Å². The Balaban J connectivity index is 0.00000144. The minimum atomic E-state index is 0. The first kappa shape index (κ1) is 14.8. The van der Waals surface area contributed by atoms with Crippen LogP contribution in [-0.2, 0) is 0 Å². The highest BCUT2D eigenvalue weighted by atomic mass is 79.9. The standard InChI is InChI=1S/C13H18BrNO.ClH/c1-16-12-8-10(14)6-7-11(12)13(15)9-4-2-3-5-9;/h6-9,13H,2-5,15H2,1H3;1H/t13-;/m1./s1. The number of nitrogens with two attached hydrogens (primary N) is 1. The maximum Gasteiger partial charge on any atom is 0.124 e. The number of rotatable bonds is 3. The molecule has 2 N–H and O–H groups in total. The van der Waals surface area contributed by atoms with Gasteiger partial charge in [0.1, 0.15) is 5.75 Å². The molecule has 1 aromatic rings. The van der Waals surface area contributed by atoms with Crippen molar-refractivity contribution < 1.29 is 4.74 Å². The van der Waals surface area contributed by atoms with Crippen molar-refractivity contribution >= 4 is 28.3 Å². The van der Waals surface area contributed by atoms with E-state index in [1.807, 2.05) is 12.1 Å². The van der Waals surface area contributed by atoms with Crippen molar-refractivity contribution in [3.8, 4) is 5.75 Å². The molecule has 0 aliphatic heterocycles. The third-order valence-electron chi connectivity index (χ3n) is 3.46. The molecule has 0 heterocycles. The maximum atomic E-state index is 6.33. The summed E-state index contributed by atoms with van der Waals surface area (Å²) in [7, 11) is 1.70.